The van der Waals surface area contributed by atoms with Gasteiger partial charge in [0.25, 0.3) is 5.91 Å². The van der Waals surface area contributed by atoms with Crippen LogP contribution in [0.2, 0.25) is 0 Å². The van der Waals surface area contributed by atoms with E-state index < -0.39 is 0 Å². The lowest BCUT2D eigenvalue weighted by atomic mass is 10.3. The Kier molecular flexibility index (Phi) is 5.63. The van der Waals surface area contributed by atoms with Crippen LogP contribution < -0.4 is 0 Å². The van der Waals surface area contributed by atoms with Crippen molar-refractivity contribution < 1.29 is 4.79 Å². The van der Waals surface area contributed by atoms with Crippen molar-refractivity contribution in [2.45, 2.75) is 39.8 Å². The summed E-state index contributed by atoms with van der Waals surface area (Å²) >= 11 is 1.52. The van der Waals surface area contributed by atoms with Gasteiger partial charge in [0.15, 0.2) is 0 Å². The summed E-state index contributed by atoms with van der Waals surface area (Å²) in [5, 5.41) is 5.37. The van der Waals surface area contributed by atoms with E-state index in [1.165, 1.54) is 16.9 Å². The van der Waals surface area contributed by atoms with Crippen LogP contribution >= 0.6 is 11.3 Å². The van der Waals surface area contributed by atoms with Gasteiger partial charge in [0.2, 0.25) is 0 Å². The van der Waals surface area contributed by atoms with Gasteiger partial charge in [0, 0.05) is 51.0 Å². The number of amides is 1. The SMILES string of the molecule is CCc1ncc(C(=O)N2CCCN(Cc3cnn(CC)c3)CC2)s1. The average Bonchev–Trinajstić information content (AvgIpc) is 3.20. The molecule has 0 spiro atoms. The lowest BCUT2D eigenvalue weighted by molar-refractivity contribution is 0.0765. The summed E-state index contributed by atoms with van der Waals surface area (Å²) in [6, 6.07) is 0. The molecule has 7 heteroatoms. The molecule has 6 nitrogen and oxygen atoms in total. The van der Waals surface area contributed by atoms with Gasteiger partial charge < -0.3 is 4.90 Å². The highest BCUT2D eigenvalue weighted by Crippen LogP contribution is 2.17. The Morgan fingerprint density at radius 3 is 2.79 bits per heavy atom. The molecule has 3 heterocycles. The molecule has 1 fully saturated rings. The van der Waals surface area contributed by atoms with Crippen LogP contribution in [0.25, 0.3) is 0 Å². The molecule has 0 aliphatic carbocycles. The van der Waals surface area contributed by atoms with E-state index in [1.54, 1.807) is 6.20 Å². The number of hydrogen-bond acceptors (Lipinski definition) is 5. The van der Waals surface area contributed by atoms with Gasteiger partial charge in [-0.05, 0) is 19.8 Å². The summed E-state index contributed by atoms with van der Waals surface area (Å²) in [5.41, 5.74) is 1.24. The zero-order valence-electron chi connectivity index (χ0n) is 14.4. The van der Waals surface area contributed by atoms with Crippen LogP contribution in [0.4, 0.5) is 0 Å². The normalized spacial score (nSPS) is 16.3. The van der Waals surface area contributed by atoms with E-state index in [0.29, 0.717) is 0 Å². The Labute approximate surface area is 147 Å². The standard InChI is InChI=1S/C17H25N5OS/c1-3-16-18-11-15(24-16)17(23)21-7-5-6-20(8-9-21)12-14-10-19-22(4-2)13-14/h10-11,13H,3-9,12H2,1-2H3. The first kappa shape index (κ1) is 17.1. The Balaban J connectivity index is 1.57. The quantitative estimate of drug-likeness (QED) is 0.833. The molecule has 2 aromatic rings. The smallest absolute Gasteiger partial charge is 0.265 e. The van der Waals surface area contributed by atoms with E-state index in [4.69, 9.17) is 0 Å². The van der Waals surface area contributed by atoms with Gasteiger partial charge in [-0.1, -0.05) is 6.92 Å². The summed E-state index contributed by atoms with van der Waals surface area (Å²) in [6.45, 7) is 9.49. The van der Waals surface area contributed by atoms with Gasteiger partial charge in [-0.2, -0.15) is 5.10 Å². The Morgan fingerprint density at radius 1 is 1.21 bits per heavy atom. The molecular formula is C17H25N5OS. The maximum absolute atomic E-state index is 12.7. The third-order valence-electron chi connectivity index (χ3n) is 4.36. The molecule has 2 aromatic heterocycles. The lowest BCUT2D eigenvalue weighted by Crippen LogP contribution is -2.34. The van der Waals surface area contributed by atoms with E-state index in [0.717, 1.165) is 62.0 Å². The highest BCUT2D eigenvalue weighted by Gasteiger charge is 2.22. The van der Waals surface area contributed by atoms with E-state index >= 15 is 0 Å². The van der Waals surface area contributed by atoms with Crippen LogP contribution in [0.1, 0.15) is 40.5 Å². The predicted molar refractivity (Wildman–Crippen MR) is 95.2 cm³/mol. The zero-order chi connectivity index (χ0) is 16.9. The van der Waals surface area contributed by atoms with Crippen molar-refractivity contribution in [2.75, 3.05) is 26.2 Å². The fraction of sp³-hybridized carbons (Fsp3) is 0.588. The van der Waals surface area contributed by atoms with Crippen LogP contribution in [0.5, 0.6) is 0 Å². The molecule has 3 rings (SSSR count). The maximum atomic E-state index is 12.7. The minimum atomic E-state index is 0.132. The second-order valence-electron chi connectivity index (χ2n) is 6.10. The fourth-order valence-electron chi connectivity index (χ4n) is 2.98. The monoisotopic (exact) mass is 347 g/mol. The summed E-state index contributed by atoms with van der Waals surface area (Å²) in [6.07, 6.45) is 7.68. The van der Waals surface area contributed by atoms with E-state index in [1.807, 2.05) is 15.8 Å². The molecule has 1 aliphatic heterocycles. The molecule has 130 valence electrons. The van der Waals surface area contributed by atoms with Crippen LogP contribution in [0.3, 0.4) is 0 Å². The van der Waals surface area contributed by atoms with Crippen molar-refractivity contribution >= 4 is 17.2 Å². The number of aromatic nitrogens is 3. The van der Waals surface area contributed by atoms with E-state index in [-0.39, 0.29) is 5.91 Å². The van der Waals surface area contributed by atoms with Crippen molar-refractivity contribution in [3.05, 3.63) is 34.0 Å². The topological polar surface area (TPSA) is 54.3 Å². The Hall–Kier alpha value is -1.73. The molecule has 24 heavy (non-hydrogen) atoms. The number of carbonyl (C=O) groups excluding carboxylic acids is 1. The van der Waals surface area contributed by atoms with Crippen molar-refractivity contribution in [1.29, 1.82) is 0 Å². The van der Waals surface area contributed by atoms with Crippen LogP contribution in [-0.2, 0) is 19.5 Å². The van der Waals surface area contributed by atoms with Crippen molar-refractivity contribution in [3.8, 4) is 0 Å². The van der Waals surface area contributed by atoms with Gasteiger partial charge in [0.1, 0.15) is 4.88 Å². The number of hydrogen-bond donors (Lipinski definition) is 0. The molecule has 0 atom stereocenters. The Morgan fingerprint density at radius 2 is 2.08 bits per heavy atom. The van der Waals surface area contributed by atoms with Gasteiger partial charge in [-0.3, -0.25) is 14.4 Å². The highest BCUT2D eigenvalue weighted by molar-refractivity contribution is 7.13. The van der Waals surface area contributed by atoms with Crippen LogP contribution in [0, 0.1) is 0 Å². The molecule has 1 amide bonds. The fourth-order valence-corrected chi connectivity index (χ4v) is 3.81. The minimum absolute atomic E-state index is 0.132. The first-order valence-corrected chi connectivity index (χ1v) is 9.49. The molecule has 0 N–H and O–H groups in total. The van der Waals surface area contributed by atoms with Crippen molar-refractivity contribution in [3.63, 3.8) is 0 Å². The number of carbonyl (C=O) groups is 1. The summed E-state index contributed by atoms with van der Waals surface area (Å²) in [5.74, 6) is 0.132. The average molecular weight is 347 g/mol. The first-order chi connectivity index (χ1) is 11.7. The van der Waals surface area contributed by atoms with E-state index in [9.17, 15) is 4.79 Å². The minimum Gasteiger partial charge on any atom is -0.337 e. The zero-order valence-corrected chi connectivity index (χ0v) is 15.3. The molecule has 1 saturated heterocycles. The Bertz CT molecular complexity index is 680. The maximum Gasteiger partial charge on any atom is 0.265 e. The lowest BCUT2D eigenvalue weighted by Gasteiger charge is -2.21. The van der Waals surface area contributed by atoms with Crippen molar-refractivity contribution in [2.24, 2.45) is 0 Å². The predicted octanol–water partition coefficient (Wildman–Crippen LogP) is 2.27. The number of nitrogens with zero attached hydrogens (tertiary/aromatic N) is 5. The molecule has 0 radical (unpaired) electrons. The first-order valence-electron chi connectivity index (χ1n) is 8.67. The molecule has 0 saturated carbocycles. The largest absolute Gasteiger partial charge is 0.337 e. The highest BCUT2D eigenvalue weighted by atomic mass is 32.1. The molecular weight excluding hydrogens is 322 g/mol. The second kappa shape index (κ2) is 7.90. The molecule has 0 bridgehead atoms. The second-order valence-corrected chi connectivity index (χ2v) is 7.21. The third kappa shape index (κ3) is 4.02. The summed E-state index contributed by atoms with van der Waals surface area (Å²) < 4.78 is 1.96. The number of aryl methyl sites for hydroxylation is 2. The van der Waals surface area contributed by atoms with Gasteiger partial charge in [0.05, 0.1) is 17.4 Å². The van der Waals surface area contributed by atoms with Gasteiger partial charge in [-0.25, -0.2) is 4.98 Å². The molecule has 0 aromatic carbocycles. The number of thiazole rings is 1. The number of rotatable bonds is 5. The summed E-state index contributed by atoms with van der Waals surface area (Å²) in [7, 11) is 0. The molecule has 0 unspecified atom stereocenters. The molecule has 1 aliphatic rings. The van der Waals surface area contributed by atoms with Gasteiger partial charge in [-0.15, -0.1) is 11.3 Å². The van der Waals surface area contributed by atoms with Crippen molar-refractivity contribution in [1.82, 2.24) is 24.6 Å². The summed E-state index contributed by atoms with van der Waals surface area (Å²) in [4.78, 5) is 22.1. The third-order valence-corrected chi connectivity index (χ3v) is 5.49. The van der Waals surface area contributed by atoms with E-state index in [2.05, 4.69) is 35.0 Å². The van der Waals surface area contributed by atoms with Gasteiger partial charge >= 0.3 is 0 Å². The van der Waals surface area contributed by atoms with Crippen LogP contribution in [0.15, 0.2) is 18.6 Å². The van der Waals surface area contributed by atoms with Crippen LogP contribution in [-0.4, -0.2) is 56.7 Å².